The lowest BCUT2D eigenvalue weighted by Crippen LogP contribution is -2.35. The van der Waals surface area contributed by atoms with Gasteiger partial charge >= 0.3 is 5.97 Å². The summed E-state index contributed by atoms with van der Waals surface area (Å²) in [6, 6.07) is 6.59. The highest BCUT2D eigenvalue weighted by Gasteiger charge is 2.22. The highest BCUT2D eigenvalue weighted by atomic mass is 16.5. The van der Waals surface area contributed by atoms with Crippen molar-refractivity contribution in [3.8, 4) is 0 Å². The van der Waals surface area contributed by atoms with Crippen LogP contribution in [0.25, 0.3) is 0 Å². The lowest BCUT2D eigenvalue weighted by atomic mass is 10.2. The van der Waals surface area contributed by atoms with Crippen molar-refractivity contribution >= 4 is 17.6 Å². The van der Waals surface area contributed by atoms with Crippen LogP contribution < -0.4 is 10.6 Å². The van der Waals surface area contributed by atoms with Crippen LogP contribution in [0, 0.1) is 0 Å². The maximum atomic E-state index is 11.9. The normalized spacial score (nSPS) is 18.4. The average molecular weight is 248 g/mol. The molecule has 1 aliphatic heterocycles. The minimum absolute atomic E-state index is 0.0606. The molecule has 0 radical (unpaired) electrons. The Labute approximate surface area is 106 Å². The smallest absolute Gasteiger partial charge is 0.337 e. The van der Waals surface area contributed by atoms with Crippen molar-refractivity contribution in [2.24, 2.45) is 0 Å². The van der Waals surface area contributed by atoms with Gasteiger partial charge in [0.05, 0.1) is 18.7 Å². The third-order valence-corrected chi connectivity index (χ3v) is 2.93. The first-order chi connectivity index (χ1) is 8.70. The molecule has 0 saturated carbocycles. The molecule has 1 aromatic rings. The molecule has 0 unspecified atom stereocenters. The van der Waals surface area contributed by atoms with Crippen molar-refractivity contribution in [3.05, 3.63) is 29.8 Å². The molecule has 1 fully saturated rings. The van der Waals surface area contributed by atoms with Crippen LogP contribution in [-0.2, 0) is 9.53 Å². The van der Waals surface area contributed by atoms with Gasteiger partial charge in [-0.3, -0.25) is 4.79 Å². The van der Waals surface area contributed by atoms with Gasteiger partial charge in [-0.2, -0.15) is 0 Å². The molecule has 1 atom stereocenters. The molecule has 1 amide bonds. The first-order valence-corrected chi connectivity index (χ1v) is 5.93. The molecule has 1 heterocycles. The average Bonchev–Trinajstić information content (AvgIpc) is 2.92. The number of hydrogen-bond donors (Lipinski definition) is 2. The molecule has 5 heteroatoms. The zero-order chi connectivity index (χ0) is 13.0. The Morgan fingerprint density at radius 2 is 2.28 bits per heavy atom. The van der Waals surface area contributed by atoms with E-state index in [-0.39, 0.29) is 11.9 Å². The Balaban J connectivity index is 2.04. The maximum absolute atomic E-state index is 11.9. The third kappa shape index (κ3) is 2.87. The molecule has 2 rings (SSSR count). The molecular formula is C13H16N2O3. The minimum Gasteiger partial charge on any atom is -0.465 e. The van der Waals surface area contributed by atoms with Gasteiger partial charge in [0, 0.05) is 5.69 Å². The summed E-state index contributed by atoms with van der Waals surface area (Å²) in [4.78, 5) is 23.2. The number of anilines is 1. The number of ether oxygens (including phenoxy) is 1. The second-order valence-electron chi connectivity index (χ2n) is 4.21. The second kappa shape index (κ2) is 5.64. The number of benzene rings is 1. The van der Waals surface area contributed by atoms with E-state index < -0.39 is 5.97 Å². The summed E-state index contributed by atoms with van der Waals surface area (Å²) in [6.45, 7) is 0.875. The third-order valence-electron chi connectivity index (χ3n) is 2.93. The van der Waals surface area contributed by atoms with E-state index in [0.29, 0.717) is 11.3 Å². The number of amides is 1. The zero-order valence-electron chi connectivity index (χ0n) is 10.2. The van der Waals surface area contributed by atoms with Crippen LogP contribution in [0.1, 0.15) is 23.2 Å². The molecule has 1 aliphatic rings. The molecule has 2 N–H and O–H groups in total. The molecule has 0 bridgehead atoms. The maximum Gasteiger partial charge on any atom is 0.337 e. The first kappa shape index (κ1) is 12.6. The van der Waals surface area contributed by atoms with Gasteiger partial charge in [-0.1, -0.05) is 6.07 Å². The fourth-order valence-corrected chi connectivity index (χ4v) is 1.98. The van der Waals surface area contributed by atoms with Crippen LogP contribution in [0.15, 0.2) is 24.3 Å². The highest BCUT2D eigenvalue weighted by Crippen LogP contribution is 2.13. The van der Waals surface area contributed by atoms with Crippen molar-refractivity contribution < 1.29 is 14.3 Å². The summed E-state index contributed by atoms with van der Waals surface area (Å²) in [7, 11) is 1.33. The summed E-state index contributed by atoms with van der Waals surface area (Å²) in [6.07, 6.45) is 1.86. The van der Waals surface area contributed by atoms with Crippen molar-refractivity contribution in [1.29, 1.82) is 0 Å². The highest BCUT2D eigenvalue weighted by molar-refractivity contribution is 5.97. The number of carbonyl (C=O) groups excluding carboxylic acids is 2. The summed E-state index contributed by atoms with van der Waals surface area (Å²) in [5.41, 5.74) is 1.03. The summed E-state index contributed by atoms with van der Waals surface area (Å²) in [5.74, 6) is -0.473. The van der Waals surface area contributed by atoms with Crippen LogP contribution in [0.3, 0.4) is 0 Å². The molecule has 18 heavy (non-hydrogen) atoms. The van der Waals surface area contributed by atoms with Gasteiger partial charge in [0.1, 0.15) is 0 Å². The van der Waals surface area contributed by atoms with E-state index in [9.17, 15) is 9.59 Å². The fraction of sp³-hybridized carbons (Fsp3) is 0.385. The number of nitrogens with one attached hydrogen (secondary N) is 2. The van der Waals surface area contributed by atoms with Gasteiger partial charge in [0.15, 0.2) is 0 Å². The van der Waals surface area contributed by atoms with Gasteiger partial charge in [0.2, 0.25) is 5.91 Å². The van der Waals surface area contributed by atoms with Crippen LogP contribution >= 0.6 is 0 Å². The molecule has 1 aromatic carbocycles. The van der Waals surface area contributed by atoms with E-state index in [4.69, 9.17) is 0 Å². The lowest BCUT2D eigenvalue weighted by Gasteiger charge is -2.11. The van der Waals surface area contributed by atoms with Crippen molar-refractivity contribution in [3.63, 3.8) is 0 Å². The van der Waals surface area contributed by atoms with Gasteiger partial charge in [0.25, 0.3) is 0 Å². The van der Waals surface area contributed by atoms with Gasteiger partial charge in [-0.15, -0.1) is 0 Å². The van der Waals surface area contributed by atoms with E-state index >= 15 is 0 Å². The largest absolute Gasteiger partial charge is 0.465 e. The number of methoxy groups -OCH3 is 1. The van der Waals surface area contributed by atoms with Crippen LogP contribution in [0.5, 0.6) is 0 Å². The van der Waals surface area contributed by atoms with Gasteiger partial charge in [-0.25, -0.2) is 4.79 Å². The molecule has 0 spiro atoms. The molecule has 5 nitrogen and oxygen atoms in total. The number of esters is 1. The summed E-state index contributed by atoms with van der Waals surface area (Å²) >= 11 is 0. The Hall–Kier alpha value is -1.88. The lowest BCUT2D eigenvalue weighted by molar-refractivity contribution is -0.117. The van der Waals surface area contributed by atoms with E-state index in [1.165, 1.54) is 7.11 Å². The van der Waals surface area contributed by atoms with Crippen molar-refractivity contribution in [2.75, 3.05) is 19.0 Å². The number of rotatable bonds is 3. The van der Waals surface area contributed by atoms with Crippen molar-refractivity contribution in [1.82, 2.24) is 5.32 Å². The standard InChI is InChI=1S/C13H16N2O3/c1-18-13(17)9-4-2-5-10(8-9)15-12(16)11-6-3-7-14-11/h2,4-5,8,11,14H,3,6-7H2,1H3,(H,15,16)/t11-/m0/s1. The predicted molar refractivity (Wildman–Crippen MR) is 67.4 cm³/mol. The molecule has 0 aromatic heterocycles. The zero-order valence-corrected chi connectivity index (χ0v) is 10.2. The van der Waals surface area contributed by atoms with Crippen LogP contribution in [0.4, 0.5) is 5.69 Å². The Bertz CT molecular complexity index is 453. The van der Waals surface area contributed by atoms with E-state index in [1.54, 1.807) is 24.3 Å². The Morgan fingerprint density at radius 3 is 2.94 bits per heavy atom. The topological polar surface area (TPSA) is 67.4 Å². The molecule has 0 aliphatic carbocycles. The summed E-state index contributed by atoms with van der Waals surface area (Å²) in [5, 5.41) is 5.92. The number of carbonyl (C=O) groups is 2. The Kier molecular flexibility index (Phi) is 3.94. The van der Waals surface area contributed by atoms with Gasteiger partial charge in [-0.05, 0) is 37.6 Å². The van der Waals surface area contributed by atoms with Crippen molar-refractivity contribution in [2.45, 2.75) is 18.9 Å². The van der Waals surface area contributed by atoms with Crippen LogP contribution in [0.2, 0.25) is 0 Å². The molecule has 96 valence electrons. The SMILES string of the molecule is COC(=O)c1cccc(NC(=O)[C@@H]2CCCN2)c1. The number of hydrogen-bond acceptors (Lipinski definition) is 4. The summed E-state index contributed by atoms with van der Waals surface area (Å²) < 4.78 is 4.63. The molecule has 1 saturated heterocycles. The van der Waals surface area contributed by atoms with E-state index in [0.717, 1.165) is 19.4 Å². The minimum atomic E-state index is -0.412. The van der Waals surface area contributed by atoms with Crippen LogP contribution in [-0.4, -0.2) is 31.6 Å². The van der Waals surface area contributed by atoms with E-state index in [2.05, 4.69) is 15.4 Å². The first-order valence-electron chi connectivity index (χ1n) is 5.93. The predicted octanol–water partition coefficient (Wildman–Crippen LogP) is 1.16. The molecular weight excluding hydrogens is 232 g/mol. The van der Waals surface area contributed by atoms with Gasteiger partial charge < -0.3 is 15.4 Å². The second-order valence-corrected chi connectivity index (χ2v) is 4.21. The monoisotopic (exact) mass is 248 g/mol. The van der Waals surface area contributed by atoms with E-state index in [1.807, 2.05) is 0 Å². The Morgan fingerprint density at radius 1 is 1.44 bits per heavy atom. The quantitative estimate of drug-likeness (QED) is 0.788. The fourth-order valence-electron chi connectivity index (χ4n) is 1.98.